The predicted octanol–water partition coefficient (Wildman–Crippen LogP) is 3.28. The van der Waals surface area contributed by atoms with Crippen molar-refractivity contribution in [3.8, 4) is 11.5 Å². The zero-order chi connectivity index (χ0) is 22.4. The number of carbonyl (C=O) groups excluding carboxylic acids is 2. The lowest BCUT2D eigenvalue weighted by Gasteiger charge is -2.34. The topological polar surface area (TPSA) is 71.1 Å². The van der Waals surface area contributed by atoms with Crippen LogP contribution in [0.5, 0.6) is 11.5 Å². The molecule has 1 fully saturated rings. The van der Waals surface area contributed by atoms with Gasteiger partial charge in [-0.3, -0.25) is 14.5 Å². The van der Waals surface area contributed by atoms with Gasteiger partial charge in [-0.05, 0) is 37.3 Å². The molecule has 1 aliphatic rings. The third-order valence-electron chi connectivity index (χ3n) is 4.90. The maximum atomic E-state index is 13.2. The SMILES string of the molecule is CCOc1c(Cl)cc(C(=O)N2CCN(CC(=O)Nc3cccc(F)c3)CC2)cc1OC. The lowest BCUT2D eigenvalue weighted by molar-refractivity contribution is -0.117. The monoisotopic (exact) mass is 449 g/mol. The first kappa shape index (κ1) is 22.8. The lowest BCUT2D eigenvalue weighted by atomic mass is 10.1. The minimum Gasteiger partial charge on any atom is -0.493 e. The molecule has 3 rings (SSSR count). The summed E-state index contributed by atoms with van der Waals surface area (Å²) in [4.78, 5) is 28.8. The summed E-state index contributed by atoms with van der Waals surface area (Å²) in [6.07, 6.45) is 0. The smallest absolute Gasteiger partial charge is 0.254 e. The first-order valence-electron chi connectivity index (χ1n) is 9.98. The largest absolute Gasteiger partial charge is 0.493 e. The van der Waals surface area contributed by atoms with E-state index in [0.29, 0.717) is 60.6 Å². The minimum absolute atomic E-state index is 0.160. The van der Waals surface area contributed by atoms with Gasteiger partial charge in [0.25, 0.3) is 5.91 Å². The van der Waals surface area contributed by atoms with Crippen molar-refractivity contribution in [1.29, 1.82) is 0 Å². The maximum Gasteiger partial charge on any atom is 0.254 e. The van der Waals surface area contributed by atoms with E-state index in [1.807, 2.05) is 11.8 Å². The lowest BCUT2D eigenvalue weighted by Crippen LogP contribution is -2.50. The molecule has 0 unspecified atom stereocenters. The van der Waals surface area contributed by atoms with E-state index in [1.165, 1.54) is 25.3 Å². The summed E-state index contributed by atoms with van der Waals surface area (Å²) in [7, 11) is 1.50. The quantitative estimate of drug-likeness (QED) is 0.702. The highest BCUT2D eigenvalue weighted by atomic mass is 35.5. The molecule has 0 spiro atoms. The van der Waals surface area contributed by atoms with Gasteiger partial charge in [0.2, 0.25) is 5.91 Å². The van der Waals surface area contributed by atoms with Crippen molar-refractivity contribution in [2.24, 2.45) is 0 Å². The van der Waals surface area contributed by atoms with E-state index in [9.17, 15) is 14.0 Å². The molecule has 0 atom stereocenters. The highest BCUT2D eigenvalue weighted by molar-refractivity contribution is 6.32. The standard InChI is InChI=1S/C22H25ClFN3O4/c1-3-31-21-18(23)11-15(12-19(21)30-2)22(29)27-9-7-26(8-10-27)14-20(28)25-17-6-4-5-16(24)13-17/h4-6,11-13H,3,7-10,14H2,1-2H3,(H,25,28). The molecule has 0 bridgehead atoms. The van der Waals surface area contributed by atoms with Crippen molar-refractivity contribution in [2.75, 3.05) is 51.8 Å². The average Bonchev–Trinajstić information content (AvgIpc) is 2.75. The van der Waals surface area contributed by atoms with Gasteiger partial charge in [-0.1, -0.05) is 17.7 Å². The molecular formula is C22H25ClFN3O4. The summed E-state index contributed by atoms with van der Waals surface area (Å²) in [5, 5.41) is 3.00. The van der Waals surface area contributed by atoms with Gasteiger partial charge >= 0.3 is 0 Å². The molecule has 2 aromatic rings. The average molecular weight is 450 g/mol. The molecule has 31 heavy (non-hydrogen) atoms. The number of anilines is 1. The molecule has 9 heteroatoms. The summed E-state index contributed by atoms with van der Waals surface area (Å²) in [6.45, 7) is 4.47. The molecule has 1 aliphatic heterocycles. The Kier molecular flexibility index (Phi) is 7.70. The van der Waals surface area contributed by atoms with Crippen LogP contribution in [-0.2, 0) is 4.79 Å². The highest BCUT2D eigenvalue weighted by Crippen LogP contribution is 2.36. The fourth-order valence-electron chi connectivity index (χ4n) is 3.39. The molecule has 7 nitrogen and oxygen atoms in total. The van der Waals surface area contributed by atoms with E-state index in [-0.39, 0.29) is 18.4 Å². The van der Waals surface area contributed by atoms with Crippen LogP contribution in [-0.4, -0.2) is 68.1 Å². The maximum absolute atomic E-state index is 13.2. The second-order valence-electron chi connectivity index (χ2n) is 7.05. The number of rotatable bonds is 7. The van der Waals surface area contributed by atoms with Crippen LogP contribution in [0.4, 0.5) is 10.1 Å². The third kappa shape index (κ3) is 5.86. The Morgan fingerprint density at radius 2 is 1.90 bits per heavy atom. The molecule has 1 N–H and O–H groups in total. The molecule has 1 saturated heterocycles. The molecule has 0 aliphatic carbocycles. The van der Waals surface area contributed by atoms with Gasteiger partial charge in [0.15, 0.2) is 11.5 Å². The van der Waals surface area contributed by atoms with Crippen LogP contribution in [0, 0.1) is 5.82 Å². The van der Waals surface area contributed by atoms with Crippen LogP contribution in [0.1, 0.15) is 17.3 Å². The predicted molar refractivity (Wildman–Crippen MR) is 117 cm³/mol. The number of nitrogens with zero attached hydrogens (tertiary/aromatic N) is 2. The van der Waals surface area contributed by atoms with E-state index in [1.54, 1.807) is 23.1 Å². The van der Waals surface area contributed by atoms with Gasteiger partial charge in [-0.25, -0.2) is 4.39 Å². The first-order valence-corrected chi connectivity index (χ1v) is 10.4. The Balaban J connectivity index is 1.56. The first-order chi connectivity index (χ1) is 14.9. The molecular weight excluding hydrogens is 425 g/mol. The van der Waals surface area contributed by atoms with E-state index in [0.717, 1.165) is 0 Å². The number of methoxy groups -OCH3 is 1. The number of hydrogen-bond acceptors (Lipinski definition) is 5. The van der Waals surface area contributed by atoms with Crippen LogP contribution in [0.2, 0.25) is 5.02 Å². The number of hydrogen-bond donors (Lipinski definition) is 1. The van der Waals surface area contributed by atoms with Crippen LogP contribution >= 0.6 is 11.6 Å². The number of ether oxygens (including phenoxy) is 2. The zero-order valence-electron chi connectivity index (χ0n) is 17.5. The minimum atomic E-state index is -0.407. The van der Waals surface area contributed by atoms with Crippen molar-refractivity contribution in [1.82, 2.24) is 9.80 Å². The van der Waals surface area contributed by atoms with E-state index < -0.39 is 5.82 Å². The number of amides is 2. The van der Waals surface area contributed by atoms with Gasteiger partial charge in [0.1, 0.15) is 5.82 Å². The Labute approximate surface area is 185 Å². The van der Waals surface area contributed by atoms with Crippen LogP contribution in [0.15, 0.2) is 36.4 Å². The molecule has 1 heterocycles. The number of piperazine rings is 1. The van der Waals surface area contributed by atoms with E-state index in [4.69, 9.17) is 21.1 Å². The van der Waals surface area contributed by atoms with E-state index >= 15 is 0 Å². The Hall–Kier alpha value is -2.84. The summed E-state index contributed by atoms with van der Waals surface area (Å²) in [5.41, 5.74) is 0.836. The normalized spacial score (nSPS) is 14.3. The highest BCUT2D eigenvalue weighted by Gasteiger charge is 2.25. The Bertz CT molecular complexity index is 948. The fraction of sp³-hybridized carbons (Fsp3) is 0.364. The van der Waals surface area contributed by atoms with Crippen LogP contribution in [0.3, 0.4) is 0 Å². The van der Waals surface area contributed by atoms with Gasteiger partial charge in [0, 0.05) is 37.4 Å². The van der Waals surface area contributed by atoms with Gasteiger partial charge in [-0.15, -0.1) is 0 Å². The molecule has 0 aromatic heterocycles. The number of benzene rings is 2. The fourth-order valence-corrected chi connectivity index (χ4v) is 3.65. The van der Waals surface area contributed by atoms with Crippen molar-refractivity contribution < 1.29 is 23.5 Å². The van der Waals surface area contributed by atoms with Crippen LogP contribution in [0.25, 0.3) is 0 Å². The zero-order valence-corrected chi connectivity index (χ0v) is 18.2. The summed E-state index contributed by atoms with van der Waals surface area (Å²) in [5.74, 6) is 0.0270. The van der Waals surface area contributed by atoms with Gasteiger partial charge < -0.3 is 19.7 Å². The second-order valence-corrected chi connectivity index (χ2v) is 7.46. The van der Waals surface area contributed by atoms with Crippen molar-refractivity contribution in [3.05, 3.63) is 52.8 Å². The van der Waals surface area contributed by atoms with Crippen molar-refractivity contribution >= 4 is 29.1 Å². The number of halogens is 2. The van der Waals surface area contributed by atoms with Gasteiger partial charge in [-0.2, -0.15) is 0 Å². The van der Waals surface area contributed by atoms with E-state index in [2.05, 4.69) is 5.32 Å². The van der Waals surface area contributed by atoms with Crippen molar-refractivity contribution in [2.45, 2.75) is 6.92 Å². The molecule has 2 aromatic carbocycles. The third-order valence-corrected chi connectivity index (χ3v) is 5.18. The van der Waals surface area contributed by atoms with Gasteiger partial charge in [0.05, 0.1) is 25.3 Å². The molecule has 2 amide bonds. The molecule has 166 valence electrons. The summed E-state index contributed by atoms with van der Waals surface area (Å²) < 4.78 is 24.1. The second kappa shape index (κ2) is 10.5. The summed E-state index contributed by atoms with van der Waals surface area (Å²) >= 11 is 6.28. The van der Waals surface area contributed by atoms with Crippen molar-refractivity contribution in [3.63, 3.8) is 0 Å². The number of carbonyl (C=O) groups is 2. The van der Waals surface area contributed by atoms with Crippen LogP contribution < -0.4 is 14.8 Å². The Morgan fingerprint density at radius 3 is 2.55 bits per heavy atom. The molecule has 0 saturated carbocycles. The summed E-state index contributed by atoms with van der Waals surface area (Å²) in [6, 6.07) is 8.96. The molecule has 0 radical (unpaired) electrons. The number of nitrogens with one attached hydrogen (secondary N) is 1. The Morgan fingerprint density at radius 1 is 1.16 bits per heavy atom.